The van der Waals surface area contributed by atoms with Crippen molar-refractivity contribution in [2.45, 2.75) is 39.7 Å². The van der Waals surface area contributed by atoms with Gasteiger partial charge in [0.1, 0.15) is 0 Å². The summed E-state index contributed by atoms with van der Waals surface area (Å²) in [5.74, 6) is 0.0101. The van der Waals surface area contributed by atoms with Crippen molar-refractivity contribution in [3.8, 4) is 0 Å². The van der Waals surface area contributed by atoms with Crippen molar-refractivity contribution in [1.29, 1.82) is 0 Å². The smallest absolute Gasteiger partial charge is 0.227 e. The Bertz CT molecular complexity index is 759. The first-order valence-corrected chi connectivity index (χ1v) is 8.35. The summed E-state index contributed by atoms with van der Waals surface area (Å²) in [5, 5.41) is 8.19. The highest BCUT2D eigenvalue weighted by atomic mass is 16.2. The molecule has 3 rings (SSSR count). The molecule has 7 heteroatoms. The maximum atomic E-state index is 12.4. The second kappa shape index (κ2) is 6.59. The summed E-state index contributed by atoms with van der Waals surface area (Å²) in [6.07, 6.45) is 4.84. The van der Waals surface area contributed by atoms with Crippen LogP contribution in [0.15, 0.2) is 18.5 Å². The molecule has 7 nitrogen and oxygen atoms in total. The summed E-state index contributed by atoms with van der Waals surface area (Å²) >= 11 is 0. The van der Waals surface area contributed by atoms with Crippen LogP contribution < -0.4 is 5.32 Å². The lowest BCUT2D eigenvalue weighted by molar-refractivity contribution is -0.132. The van der Waals surface area contributed by atoms with Gasteiger partial charge in [-0.2, -0.15) is 5.10 Å². The van der Waals surface area contributed by atoms with Gasteiger partial charge in [-0.1, -0.05) is 0 Å². The van der Waals surface area contributed by atoms with Crippen LogP contribution >= 0.6 is 0 Å². The van der Waals surface area contributed by atoms with Crippen LogP contribution in [0.4, 0.5) is 5.69 Å². The number of likely N-dealkylation sites (tertiary alicyclic amines) is 1. The Balaban J connectivity index is 1.67. The number of hydrogen-bond donors (Lipinski definition) is 1. The first-order chi connectivity index (χ1) is 11.5. The molecular weight excluding hydrogens is 306 g/mol. The van der Waals surface area contributed by atoms with Crippen molar-refractivity contribution in [2.24, 2.45) is 5.92 Å². The Morgan fingerprint density at radius 3 is 2.58 bits per heavy atom. The van der Waals surface area contributed by atoms with E-state index in [2.05, 4.69) is 29.2 Å². The van der Waals surface area contributed by atoms with E-state index in [-0.39, 0.29) is 23.8 Å². The van der Waals surface area contributed by atoms with Gasteiger partial charge in [0.15, 0.2) is 5.65 Å². The Morgan fingerprint density at radius 1 is 1.25 bits per heavy atom. The highest BCUT2D eigenvalue weighted by Gasteiger charge is 2.26. The average molecular weight is 329 g/mol. The third kappa shape index (κ3) is 3.25. The summed E-state index contributed by atoms with van der Waals surface area (Å²) in [5.41, 5.74) is 1.50. The number of hydrogen-bond acceptors (Lipinski definition) is 4. The SMILES string of the molecule is CC(=O)N1CCC(C(=O)Nc2cnc3c(cnn3C(C)C)c2)CC1. The maximum Gasteiger partial charge on any atom is 0.227 e. The molecule has 3 heterocycles. The second-order valence-corrected chi connectivity index (χ2v) is 6.59. The van der Waals surface area contributed by atoms with E-state index < -0.39 is 0 Å². The van der Waals surface area contributed by atoms with Crippen LogP contribution in [-0.2, 0) is 9.59 Å². The van der Waals surface area contributed by atoms with E-state index in [4.69, 9.17) is 0 Å². The molecule has 0 radical (unpaired) electrons. The van der Waals surface area contributed by atoms with Crippen LogP contribution in [0, 0.1) is 5.92 Å². The molecule has 2 aromatic rings. The number of aromatic nitrogens is 3. The maximum absolute atomic E-state index is 12.4. The molecule has 0 bridgehead atoms. The number of carbonyl (C=O) groups excluding carboxylic acids is 2. The molecule has 1 saturated heterocycles. The van der Waals surface area contributed by atoms with Gasteiger partial charge in [-0.25, -0.2) is 9.67 Å². The molecule has 0 saturated carbocycles. The van der Waals surface area contributed by atoms with Crippen LogP contribution in [0.25, 0.3) is 11.0 Å². The fourth-order valence-corrected chi connectivity index (χ4v) is 3.09. The topological polar surface area (TPSA) is 80.1 Å². The fraction of sp³-hybridized carbons (Fsp3) is 0.529. The highest BCUT2D eigenvalue weighted by Crippen LogP contribution is 2.22. The van der Waals surface area contributed by atoms with Crippen LogP contribution in [0.5, 0.6) is 0 Å². The van der Waals surface area contributed by atoms with Crippen LogP contribution in [0.3, 0.4) is 0 Å². The summed E-state index contributed by atoms with van der Waals surface area (Å²) in [6.45, 7) is 6.96. The van der Waals surface area contributed by atoms with E-state index in [1.165, 1.54) is 0 Å². The molecule has 0 aliphatic carbocycles. The van der Waals surface area contributed by atoms with Crippen LogP contribution in [-0.4, -0.2) is 44.6 Å². The van der Waals surface area contributed by atoms with Crippen molar-refractivity contribution >= 4 is 28.5 Å². The Morgan fingerprint density at radius 2 is 1.96 bits per heavy atom. The van der Waals surface area contributed by atoms with Crippen molar-refractivity contribution in [3.63, 3.8) is 0 Å². The lowest BCUT2D eigenvalue weighted by Crippen LogP contribution is -2.40. The molecule has 1 aliphatic heterocycles. The number of nitrogens with one attached hydrogen (secondary N) is 1. The molecular formula is C17H23N5O2. The standard InChI is InChI=1S/C17H23N5O2/c1-11(2)22-16-14(9-19-22)8-15(10-18-16)20-17(24)13-4-6-21(7-5-13)12(3)23/h8-11,13H,4-7H2,1-3H3,(H,20,24). The van der Waals surface area contributed by atoms with Gasteiger partial charge in [-0.05, 0) is 32.8 Å². The van der Waals surface area contributed by atoms with E-state index in [1.54, 1.807) is 24.2 Å². The third-order valence-corrected chi connectivity index (χ3v) is 4.50. The minimum atomic E-state index is -0.0605. The molecule has 24 heavy (non-hydrogen) atoms. The Kier molecular flexibility index (Phi) is 4.51. The fourth-order valence-electron chi connectivity index (χ4n) is 3.09. The largest absolute Gasteiger partial charge is 0.343 e. The zero-order chi connectivity index (χ0) is 17.3. The van der Waals surface area contributed by atoms with Crippen molar-refractivity contribution < 1.29 is 9.59 Å². The summed E-state index contributed by atoms with van der Waals surface area (Å²) in [7, 11) is 0. The number of pyridine rings is 1. The van der Waals surface area contributed by atoms with Gasteiger partial charge >= 0.3 is 0 Å². The first kappa shape index (κ1) is 16.4. The van der Waals surface area contributed by atoms with Crippen molar-refractivity contribution in [1.82, 2.24) is 19.7 Å². The van der Waals surface area contributed by atoms with E-state index in [0.717, 1.165) is 11.0 Å². The summed E-state index contributed by atoms with van der Waals surface area (Å²) in [6, 6.07) is 2.14. The lowest BCUT2D eigenvalue weighted by Gasteiger charge is -2.30. The number of carbonyl (C=O) groups is 2. The number of piperidine rings is 1. The second-order valence-electron chi connectivity index (χ2n) is 6.59. The number of nitrogens with zero attached hydrogens (tertiary/aromatic N) is 4. The minimum absolute atomic E-state index is 0.00407. The molecule has 128 valence electrons. The molecule has 0 aromatic carbocycles. The predicted octanol–water partition coefficient (Wildman–Crippen LogP) is 2.21. The lowest BCUT2D eigenvalue weighted by atomic mass is 9.96. The van der Waals surface area contributed by atoms with Gasteiger partial charge in [0, 0.05) is 37.4 Å². The summed E-state index contributed by atoms with van der Waals surface area (Å²) < 4.78 is 1.86. The van der Waals surface area contributed by atoms with Crippen molar-refractivity contribution in [3.05, 3.63) is 18.5 Å². The molecule has 2 aromatic heterocycles. The minimum Gasteiger partial charge on any atom is -0.343 e. The van der Waals surface area contributed by atoms with E-state index >= 15 is 0 Å². The van der Waals surface area contributed by atoms with E-state index in [9.17, 15) is 9.59 Å². The first-order valence-electron chi connectivity index (χ1n) is 8.35. The molecule has 0 unspecified atom stereocenters. The zero-order valence-electron chi connectivity index (χ0n) is 14.3. The average Bonchev–Trinajstić information content (AvgIpc) is 2.98. The number of rotatable bonds is 3. The van der Waals surface area contributed by atoms with Crippen LogP contribution in [0.1, 0.15) is 39.7 Å². The highest BCUT2D eigenvalue weighted by molar-refractivity contribution is 5.94. The molecule has 2 amide bonds. The molecule has 0 spiro atoms. The number of anilines is 1. The quantitative estimate of drug-likeness (QED) is 0.936. The monoisotopic (exact) mass is 329 g/mol. The van der Waals surface area contributed by atoms with Gasteiger partial charge in [0.2, 0.25) is 11.8 Å². The van der Waals surface area contributed by atoms with Crippen LogP contribution in [0.2, 0.25) is 0 Å². The number of fused-ring (bicyclic) bond motifs is 1. The molecule has 1 fully saturated rings. The van der Waals surface area contributed by atoms with Crippen molar-refractivity contribution in [2.75, 3.05) is 18.4 Å². The van der Waals surface area contributed by atoms with Gasteiger partial charge in [-0.15, -0.1) is 0 Å². The van der Waals surface area contributed by atoms with Gasteiger partial charge in [-0.3, -0.25) is 9.59 Å². The van der Waals surface area contributed by atoms with Gasteiger partial charge < -0.3 is 10.2 Å². The Labute approximate surface area is 141 Å². The van der Waals surface area contributed by atoms with E-state index in [0.29, 0.717) is 31.6 Å². The predicted molar refractivity (Wildman–Crippen MR) is 91.5 cm³/mol. The molecule has 1 aliphatic rings. The summed E-state index contributed by atoms with van der Waals surface area (Å²) in [4.78, 5) is 30.0. The number of amides is 2. The molecule has 1 N–H and O–H groups in total. The van der Waals surface area contributed by atoms with E-state index in [1.807, 2.05) is 10.7 Å². The Hall–Kier alpha value is -2.44. The normalized spacial score (nSPS) is 15.9. The van der Waals surface area contributed by atoms with Gasteiger partial charge in [0.05, 0.1) is 18.1 Å². The third-order valence-electron chi connectivity index (χ3n) is 4.50. The molecule has 0 atom stereocenters. The van der Waals surface area contributed by atoms with Gasteiger partial charge in [0.25, 0.3) is 0 Å². The zero-order valence-corrected chi connectivity index (χ0v) is 14.3.